The molecule has 1 aliphatic heterocycles. The van der Waals surface area contributed by atoms with Crippen molar-refractivity contribution in [3.05, 3.63) is 51.1 Å². The van der Waals surface area contributed by atoms with Crippen LogP contribution in [0, 0.1) is 5.82 Å². The second-order valence-corrected chi connectivity index (χ2v) is 6.86. The fraction of sp³-hybridized carbons (Fsp3) is 0.353. The van der Waals surface area contributed by atoms with Crippen LogP contribution in [0.25, 0.3) is 0 Å². The second kappa shape index (κ2) is 7.96. The number of nitrogens with one attached hydrogen (secondary N) is 1. The second-order valence-electron chi connectivity index (χ2n) is 6.06. The van der Waals surface area contributed by atoms with Gasteiger partial charge >= 0.3 is 0 Å². The minimum absolute atomic E-state index is 0.186. The molecule has 0 aliphatic carbocycles. The highest BCUT2D eigenvalue weighted by Crippen LogP contribution is 2.22. The molecular weight excluding hydrogens is 405 g/mol. The van der Waals surface area contributed by atoms with Crippen molar-refractivity contribution in [1.82, 2.24) is 14.7 Å². The highest BCUT2D eigenvalue weighted by Gasteiger charge is 2.22. The molecule has 26 heavy (non-hydrogen) atoms. The Kier molecular flexibility index (Phi) is 5.67. The van der Waals surface area contributed by atoms with Gasteiger partial charge in [-0.25, -0.2) is 9.07 Å². The normalized spacial score (nSPS) is 15.1. The zero-order valence-electron chi connectivity index (χ0n) is 14.3. The van der Waals surface area contributed by atoms with Crippen LogP contribution in [0.1, 0.15) is 0 Å². The van der Waals surface area contributed by atoms with Crippen LogP contribution in [-0.2, 0) is 11.8 Å². The number of amides is 1. The molecule has 3 rings (SSSR count). The van der Waals surface area contributed by atoms with Crippen LogP contribution in [0.2, 0.25) is 0 Å². The number of nitrogens with zero attached hydrogens (tertiary/aromatic N) is 4. The first-order chi connectivity index (χ1) is 12.5. The lowest BCUT2D eigenvalue weighted by Crippen LogP contribution is -2.49. The molecule has 1 aliphatic rings. The minimum Gasteiger partial charge on any atom is -0.367 e. The van der Waals surface area contributed by atoms with Gasteiger partial charge in [-0.15, -0.1) is 0 Å². The van der Waals surface area contributed by atoms with E-state index in [2.05, 4.69) is 31.2 Å². The lowest BCUT2D eigenvalue weighted by atomic mass is 10.2. The predicted octanol–water partition coefficient (Wildman–Crippen LogP) is 1.44. The van der Waals surface area contributed by atoms with Crippen molar-refractivity contribution in [3.63, 3.8) is 0 Å². The van der Waals surface area contributed by atoms with Crippen LogP contribution in [0.3, 0.4) is 0 Å². The molecule has 0 atom stereocenters. The average Bonchev–Trinajstić information content (AvgIpc) is 2.63. The molecule has 2 heterocycles. The van der Waals surface area contributed by atoms with Crippen molar-refractivity contribution < 1.29 is 9.18 Å². The number of para-hydroxylation sites is 1. The molecule has 7 nitrogen and oxygen atoms in total. The maximum atomic E-state index is 13.6. The summed E-state index contributed by atoms with van der Waals surface area (Å²) in [5, 5.41) is 6.65. The van der Waals surface area contributed by atoms with Crippen molar-refractivity contribution >= 4 is 33.2 Å². The fourth-order valence-corrected chi connectivity index (χ4v) is 3.43. The van der Waals surface area contributed by atoms with Crippen LogP contribution in [0.15, 0.2) is 39.7 Å². The summed E-state index contributed by atoms with van der Waals surface area (Å²) >= 11 is 3.34. The standard InChI is InChI=1S/C17H19BrFN5O2/c1-22-17(26)16(18)14(10-20-22)24-8-6-23(7-9-24)11-15(25)21-13-5-3-2-4-12(13)19/h2-5,10H,6-9,11H2,1H3,(H,21,25). The monoisotopic (exact) mass is 423 g/mol. The maximum Gasteiger partial charge on any atom is 0.282 e. The summed E-state index contributed by atoms with van der Waals surface area (Å²) in [6.07, 6.45) is 1.66. The number of aromatic nitrogens is 2. The summed E-state index contributed by atoms with van der Waals surface area (Å²) in [4.78, 5) is 28.2. The molecule has 138 valence electrons. The van der Waals surface area contributed by atoms with Gasteiger partial charge in [0.1, 0.15) is 10.3 Å². The Morgan fingerprint density at radius 2 is 1.96 bits per heavy atom. The van der Waals surface area contributed by atoms with Gasteiger partial charge in [-0.05, 0) is 28.1 Å². The van der Waals surface area contributed by atoms with Crippen molar-refractivity contribution in [3.8, 4) is 0 Å². The van der Waals surface area contributed by atoms with E-state index in [0.717, 1.165) is 5.69 Å². The van der Waals surface area contributed by atoms with Gasteiger partial charge in [-0.3, -0.25) is 14.5 Å². The summed E-state index contributed by atoms with van der Waals surface area (Å²) < 4.78 is 15.4. The summed E-state index contributed by atoms with van der Waals surface area (Å²) in [6, 6.07) is 6.09. The third-order valence-corrected chi connectivity index (χ3v) is 5.03. The highest BCUT2D eigenvalue weighted by molar-refractivity contribution is 9.10. The molecule has 1 N–H and O–H groups in total. The van der Waals surface area contributed by atoms with E-state index in [1.807, 2.05) is 4.90 Å². The van der Waals surface area contributed by atoms with Gasteiger partial charge < -0.3 is 10.2 Å². The summed E-state index contributed by atoms with van der Waals surface area (Å²) in [6.45, 7) is 2.84. The number of benzene rings is 1. The van der Waals surface area contributed by atoms with Crippen LogP contribution in [0.5, 0.6) is 0 Å². The Bertz CT molecular complexity index is 864. The van der Waals surface area contributed by atoms with Crippen molar-refractivity contribution in [2.75, 3.05) is 42.9 Å². The first kappa shape index (κ1) is 18.5. The van der Waals surface area contributed by atoms with E-state index >= 15 is 0 Å². The van der Waals surface area contributed by atoms with Crippen LogP contribution in [0.4, 0.5) is 15.8 Å². The molecule has 1 aromatic carbocycles. The lowest BCUT2D eigenvalue weighted by molar-refractivity contribution is -0.117. The van der Waals surface area contributed by atoms with Crippen molar-refractivity contribution in [2.45, 2.75) is 0 Å². The third-order valence-electron chi connectivity index (χ3n) is 4.29. The molecule has 1 fully saturated rings. The summed E-state index contributed by atoms with van der Waals surface area (Å²) in [5.41, 5.74) is 0.754. The third kappa shape index (κ3) is 4.10. The Morgan fingerprint density at radius 1 is 1.27 bits per heavy atom. The molecule has 1 aromatic heterocycles. The number of rotatable bonds is 4. The number of piperazine rings is 1. The molecular formula is C17H19BrFN5O2. The van der Waals surface area contributed by atoms with E-state index in [4.69, 9.17) is 0 Å². The van der Waals surface area contributed by atoms with Gasteiger partial charge in [-0.2, -0.15) is 5.10 Å². The van der Waals surface area contributed by atoms with Gasteiger partial charge in [0.25, 0.3) is 5.56 Å². The van der Waals surface area contributed by atoms with Gasteiger partial charge in [-0.1, -0.05) is 12.1 Å². The van der Waals surface area contributed by atoms with Crippen LogP contribution >= 0.6 is 15.9 Å². The smallest absolute Gasteiger partial charge is 0.282 e. The molecule has 0 saturated carbocycles. The van der Waals surface area contributed by atoms with Gasteiger partial charge in [0.05, 0.1) is 24.1 Å². The average molecular weight is 424 g/mol. The number of halogens is 2. The van der Waals surface area contributed by atoms with E-state index in [1.54, 1.807) is 25.4 Å². The Morgan fingerprint density at radius 3 is 2.65 bits per heavy atom. The molecule has 0 bridgehead atoms. The Labute approximate surface area is 158 Å². The number of carbonyl (C=O) groups excluding carboxylic acids is 1. The Balaban J connectivity index is 1.56. The molecule has 0 radical (unpaired) electrons. The van der Waals surface area contributed by atoms with E-state index in [0.29, 0.717) is 30.7 Å². The first-order valence-electron chi connectivity index (χ1n) is 8.19. The molecule has 9 heteroatoms. The zero-order valence-corrected chi connectivity index (χ0v) is 15.9. The molecule has 2 aromatic rings. The predicted molar refractivity (Wildman–Crippen MR) is 101 cm³/mol. The van der Waals surface area contributed by atoms with Crippen molar-refractivity contribution in [2.24, 2.45) is 7.05 Å². The number of aryl methyl sites for hydroxylation is 1. The topological polar surface area (TPSA) is 70.5 Å². The van der Waals surface area contributed by atoms with E-state index in [9.17, 15) is 14.0 Å². The summed E-state index contributed by atoms with van der Waals surface area (Å²) in [7, 11) is 1.60. The zero-order chi connectivity index (χ0) is 18.7. The van der Waals surface area contributed by atoms with Gasteiger partial charge in [0.2, 0.25) is 5.91 Å². The highest BCUT2D eigenvalue weighted by atomic mass is 79.9. The fourth-order valence-electron chi connectivity index (χ4n) is 2.82. The maximum absolute atomic E-state index is 13.6. The number of hydrogen-bond acceptors (Lipinski definition) is 5. The number of carbonyl (C=O) groups is 1. The lowest BCUT2D eigenvalue weighted by Gasteiger charge is -2.35. The largest absolute Gasteiger partial charge is 0.367 e. The molecule has 1 saturated heterocycles. The minimum atomic E-state index is -0.450. The SMILES string of the molecule is Cn1ncc(N2CCN(CC(=O)Nc3ccccc3F)CC2)c(Br)c1=O. The van der Waals surface area contributed by atoms with Gasteiger partial charge in [0.15, 0.2) is 0 Å². The summed E-state index contributed by atoms with van der Waals surface area (Å²) in [5.74, 6) is -0.700. The number of anilines is 2. The van der Waals surface area contributed by atoms with Crippen molar-refractivity contribution in [1.29, 1.82) is 0 Å². The van der Waals surface area contributed by atoms with E-state index in [1.165, 1.54) is 16.8 Å². The molecule has 0 unspecified atom stereocenters. The van der Waals surface area contributed by atoms with Crippen LogP contribution in [-0.4, -0.2) is 53.3 Å². The quantitative estimate of drug-likeness (QED) is 0.805. The van der Waals surface area contributed by atoms with E-state index < -0.39 is 5.82 Å². The van der Waals surface area contributed by atoms with Gasteiger partial charge in [0, 0.05) is 33.2 Å². The first-order valence-corrected chi connectivity index (χ1v) is 8.98. The van der Waals surface area contributed by atoms with E-state index in [-0.39, 0.29) is 23.7 Å². The molecule has 0 spiro atoms. The molecule has 1 amide bonds. The number of hydrogen-bond donors (Lipinski definition) is 1. The Hall–Kier alpha value is -2.26. The van der Waals surface area contributed by atoms with Crippen LogP contribution < -0.4 is 15.8 Å².